The van der Waals surface area contributed by atoms with E-state index in [1.54, 1.807) is 6.92 Å². The zero-order valence-electron chi connectivity index (χ0n) is 27.5. The normalized spacial score (nSPS) is 12.2. The molecule has 0 amide bonds. The molecule has 0 aliphatic heterocycles. The minimum atomic E-state index is 0.0288. The second kappa shape index (κ2) is 12.2. The first-order chi connectivity index (χ1) is 24.1. The molecule has 213 valence electrons. The van der Waals surface area contributed by atoms with Crippen molar-refractivity contribution in [1.29, 1.82) is 0 Å². The van der Waals surface area contributed by atoms with Gasteiger partial charge in [-0.05, 0) is 0 Å². The predicted octanol–water partition coefficient (Wildman–Crippen LogP) is 4.80. The molecule has 0 aliphatic rings. The molecule has 0 saturated carbocycles. The molecule has 0 spiro atoms. The first kappa shape index (κ1) is 32.4. The zero-order chi connectivity index (χ0) is 35.0. The monoisotopic (exact) mass is 613 g/mol. The van der Waals surface area contributed by atoms with Gasteiger partial charge in [-0.1, -0.05) is 0 Å². The summed E-state index contributed by atoms with van der Waals surface area (Å²) in [6, 6.07) is 37.1. The standard InChI is InChI=1S/C42H21B8/c1-20(43)37(44)35-32(34-33(38(45)40(47)41(48)39(34)46)30(36(35)42(49)50)21-11-3-2-4-12-21)29-19-28-24-15-6-5-13-22(24)23-14-7-9-17-26(23)31(28)27-18-10-8-16-25(27)29/h2-19H,1H3/b37-20-. The van der Waals surface area contributed by atoms with E-state index < -0.39 is 0 Å². The minimum absolute atomic E-state index is 0.0288. The summed E-state index contributed by atoms with van der Waals surface area (Å²) >= 11 is 0. The van der Waals surface area contributed by atoms with E-state index >= 15 is 0 Å². The summed E-state index contributed by atoms with van der Waals surface area (Å²) in [5.74, 6) is 0. The fraction of sp³-hybridized carbons (Fsp3) is 0.0238. The van der Waals surface area contributed by atoms with Crippen molar-refractivity contribution in [3.8, 4) is 22.3 Å². The van der Waals surface area contributed by atoms with Crippen LogP contribution >= 0.6 is 0 Å². The molecule has 0 atom stereocenters. The van der Waals surface area contributed by atoms with Gasteiger partial charge in [-0.2, -0.15) is 0 Å². The average Bonchev–Trinajstić information content (AvgIpc) is 3.14. The third-order valence-corrected chi connectivity index (χ3v) is 9.97. The van der Waals surface area contributed by atoms with Crippen LogP contribution in [0.15, 0.2) is 115 Å². The van der Waals surface area contributed by atoms with Gasteiger partial charge in [0.2, 0.25) is 0 Å². The van der Waals surface area contributed by atoms with Crippen molar-refractivity contribution < 1.29 is 0 Å². The van der Waals surface area contributed by atoms with Crippen LogP contribution in [0.3, 0.4) is 0 Å². The molecule has 8 aromatic carbocycles. The van der Waals surface area contributed by atoms with Gasteiger partial charge in [0.05, 0.1) is 0 Å². The van der Waals surface area contributed by atoms with Crippen molar-refractivity contribution in [2.45, 2.75) is 6.92 Å². The molecule has 50 heavy (non-hydrogen) atoms. The van der Waals surface area contributed by atoms with Crippen molar-refractivity contribution >= 4 is 149 Å². The molecule has 8 aromatic rings. The second-order valence-corrected chi connectivity index (χ2v) is 12.8. The van der Waals surface area contributed by atoms with Crippen molar-refractivity contribution in [2.24, 2.45) is 0 Å². The summed E-state index contributed by atoms with van der Waals surface area (Å²) in [5.41, 5.74) is 5.43. The summed E-state index contributed by atoms with van der Waals surface area (Å²) in [6.07, 6.45) is 0. The van der Waals surface area contributed by atoms with Crippen molar-refractivity contribution in [3.05, 3.63) is 126 Å². The molecule has 0 aliphatic carbocycles. The van der Waals surface area contributed by atoms with E-state index in [1.165, 1.54) is 5.39 Å². The third-order valence-electron chi connectivity index (χ3n) is 9.97. The van der Waals surface area contributed by atoms with Crippen LogP contribution in [0, 0.1) is 0 Å². The number of fused-ring (bicyclic) bond motifs is 9. The van der Waals surface area contributed by atoms with Crippen molar-refractivity contribution in [1.82, 2.24) is 0 Å². The van der Waals surface area contributed by atoms with Gasteiger partial charge in [0.1, 0.15) is 0 Å². The van der Waals surface area contributed by atoms with Gasteiger partial charge in [-0.3, -0.25) is 0 Å². The molecule has 15 radical (unpaired) electrons. The van der Waals surface area contributed by atoms with Gasteiger partial charge in [-0.25, -0.2) is 0 Å². The molecule has 8 rings (SSSR count). The molecular formula is C42H21B8. The molecule has 8 heteroatoms. The van der Waals surface area contributed by atoms with Crippen LogP contribution in [0.4, 0.5) is 0 Å². The molecule has 0 aromatic heterocycles. The second-order valence-electron chi connectivity index (χ2n) is 12.8. The van der Waals surface area contributed by atoms with Gasteiger partial charge in [0.15, 0.2) is 0 Å². The average molecular weight is 612 g/mol. The Morgan fingerprint density at radius 2 is 0.880 bits per heavy atom. The summed E-state index contributed by atoms with van der Waals surface area (Å²) < 4.78 is 0. The molecule has 0 N–H and O–H groups in total. The zero-order valence-corrected chi connectivity index (χ0v) is 27.5. The Balaban J connectivity index is 1.74. The van der Waals surface area contributed by atoms with Crippen LogP contribution < -0.4 is 21.9 Å². The van der Waals surface area contributed by atoms with E-state index in [-0.39, 0.29) is 27.2 Å². The Morgan fingerprint density at radius 3 is 1.42 bits per heavy atom. The maximum absolute atomic E-state index is 7.05. The van der Waals surface area contributed by atoms with Gasteiger partial charge in [-0.15, -0.1) is 0 Å². The Kier molecular flexibility index (Phi) is 7.91. The summed E-state index contributed by atoms with van der Waals surface area (Å²) in [6.45, 7) is 1.75. The first-order valence-corrected chi connectivity index (χ1v) is 16.3. The maximum atomic E-state index is 7.05. The summed E-state index contributed by atoms with van der Waals surface area (Å²) in [5, 5.41) is 9.90. The van der Waals surface area contributed by atoms with E-state index in [0.717, 1.165) is 48.8 Å². The van der Waals surface area contributed by atoms with Crippen LogP contribution in [0.1, 0.15) is 18.1 Å². The molecule has 0 bridgehead atoms. The van der Waals surface area contributed by atoms with Gasteiger partial charge >= 0.3 is 304 Å². The number of benzene rings is 8. The Labute approximate surface area is 302 Å². The summed E-state index contributed by atoms with van der Waals surface area (Å²) in [7, 11) is 54.2. The third kappa shape index (κ3) is 4.68. The van der Waals surface area contributed by atoms with E-state index in [9.17, 15) is 0 Å². The number of hydrogen-bond donors (Lipinski definition) is 0. The van der Waals surface area contributed by atoms with Crippen LogP contribution in [-0.2, 0) is 0 Å². The molecular weight excluding hydrogens is 591 g/mol. The van der Waals surface area contributed by atoms with E-state index in [1.807, 2.05) is 42.5 Å². The Hall–Kier alpha value is -4.81. The van der Waals surface area contributed by atoms with Gasteiger partial charge < -0.3 is 0 Å². The summed E-state index contributed by atoms with van der Waals surface area (Å²) in [4.78, 5) is 0. The number of hydrogen-bond acceptors (Lipinski definition) is 0. The van der Waals surface area contributed by atoms with Crippen LogP contribution in [-0.4, -0.2) is 67.8 Å². The van der Waals surface area contributed by atoms with E-state index in [4.69, 9.17) is 62.4 Å². The van der Waals surface area contributed by atoms with Crippen molar-refractivity contribution in [3.63, 3.8) is 0 Å². The first-order valence-electron chi connectivity index (χ1n) is 16.3. The van der Waals surface area contributed by atoms with Gasteiger partial charge in [0, 0.05) is 0 Å². The van der Waals surface area contributed by atoms with Crippen LogP contribution in [0.25, 0.3) is 81.6 Å². The molecule has 0 heterocycles. The fourth-order valence-corrected chi connectivity index (χ4v) is 7.74. The van der Waals surface area contributed by atoms with Crippen LogP contribution in [0.5, 0.6) is 0 Å². The fourth-order valence-electron chi connectivity index (χ4n) is 7.74. The predicted molar refractivity (Wildman–Crippen MR) is 226 cm³/mol. The number of rotatable bonds is 4. The van der Waals surface area contributed by atoms with E-state index in [2.05, 4.69) is 66.7 Å². The molecule has 0 unspecified atom stereocenters. The number of allylic oxidation sites excluding steroid dienone is 1. The Bertz CT molecular complexity index is 2800. The molecule has 0 nitrogen and oxygen atoms in total. The molecule has 0 fully saturated rings. The Morgan fingerprint density at radius 1 is 0.440 bits per heavy atom. The SMILES string of the molecule is [B]C(=[B])c1c(/C([B])=C(/[B])C)c(-c2cc3c4ccccc4c4ccccc4c3c3ccccc23)c2c([B])c([B])c([B])c([B])c2c1-c1ccccc1. The van der Waals surface area contributed by atoms with Crippen LogP contribution in [0.2, 0.25) is 0 Å². The quantitative estimate of drug-likeness (QED) is 0.198. The van der Waals surface area contributed by atoms with Crippen molar-refractivity contribution in [2.75, 3.05) is 0 Å². The molecule has 0 saturated heterocycles. The van der Waals surface area contributed by atoms with Gasteiger partial charge in [0.25, 0.3) is 0 Å². The topological polar surface area (TPSA) is 0 Å². The van der Waals surface area contributed by atoms with E-state index in [0.29, 0.717) is 44.0 Å².